The van der Waals surface area contributed by atoms with E-state index in [0.29, 0.717) is 6.04 Å². The van der Waals surface area contributed by atoms with Crippen molar-refractivity contribution in [3.8, 4) is 0 Å². The van der Waals surface area contributed by atoms with Crippen LogP contribution < -0.4 is 0 Å². The number of pyridine rings is 1. The molecule has 0 spiro atoms. The maximum atomic E-state index is 4.76. The Bertz CT molecular complexity index is 812. The summed E-state index contributed by atoms with van der Waals surface area (Å²) in [6.45, 7) is 2.14. The third-order valence-electron chi connectivity index (χ3n) is 5.44. The normalized spacial score (nSPS) is 28.9. The third kappa shape index (κ3) is 1.27. The maximum absolute atomic E-state index is 4.76. The Morgan fingerprint density at radius 3 is 3.05 bits per heavy atom. The summed E-state index contributed by atoms with van der Waals surface area (Å²) >= 11 is 0. The molecule has 2 saturated carbocycles. The lowest BCUT2D eigenvalue weighted by molar-refractivity contribution is 0.332. The molecule has 2 aliphatic rings. The van der Waals surface area contributed by atoms with E-state index in [2.05, 4.69) is 27.5 Å². The number of nitrogens with one attached hydrogen (secondary N) is 1. The van der Waals surface area contributed by atoms with Crippen molar-refractivity contribution < 1.29 is 0 Å². The minimum absolute atomic E-state index is 0.652. The molecule has 3 aromatic heterocycles. The summed E-state index contributed by atoms with van der Waals surface area (Å²) in [6, 6.07) is 2.79. The fraction of sp³-hybridized carbons (Fsp3) is 0.500. The van der Waals surface area contributed by atoms with Crippen LogP contribution in [-0.2, 0) is 0 Å². The highest BCUT2D eigenvalue weighted by atomic mass is 15.1. The molecule has 20 heavy (non-hydrogen) atoms. The van der Waals surface area contributed by atoms with Crippen molar-refractivity contribution in [2.24, 2.45) is 11.8 Å². The highest BCUT2D eigenvalue weighted by Gasteiger charge is 2.41. The Hall–Kier alpha value is -1.84. The van der Waals surface area contributed by atoms with Crippen molar-refractivity contribution in [1.82, 2.24) is 19.5 Å². The topological polar surface area (TPSA) is 46.5 Å². The molecule has 102 valence electrons. The monoisotopic (exact) mass is 266 g/mol. The molecule has 1 N–H and O–H groups in total. The van der Waals surface area contributed by atoms with E-state index in [1.54, 1.807) is 0 Å². The zero-order valence-electron chi connectivity index (χ0n) is 11.6. The SMILES string of the molecule is Cc1nc2cnc3[nH]ccc3c2n1[C@@H]1C[C@@H]2CC[C@H]1C2. The summed E-state index contributed by atoms with van der Waals surface area (Å²) in [4.78, 5) is 12.4. The quantitative estimate of drug-likeness (QED) is 0.731. The average Bonchev–Trinajstić information content (AvgIpc) is 3.19. The van der Waals surface area contributed by atoms with Crippen LogP contribution in [-0.4, -0.2) is 19.5 Å². The minimum atomic E-state index is 0.652. The molecule has 0 aliphatic heterocycles. The molecule has 4 heteroatoms. The number of hydrogen-bond donors (Lipinski definition) is 1. The van der Waals surface area contributed by atoms with E-state index in [9.17, 15) is 0 Å². The second-order valence-corrected chi connectivity index (χ2v) is 6.50. The molecule has 2 aliphatic carbocycles. The summed E-state index contributed by atoms with van der Waals surface area (Å²) in [5.41, 5.74) is 3.30. The van der Waals surface area contributed by atoms with Gasteiger partial charge in [0.1, 0.15) is 17.0 Å². The van der Waals surface area contributed by atoms with Crippen molar-refractivity contribution in [2.75, 3.05) is 0 Å². The second kappa shape index (κ2) is 3.62. The summed E-state index contributed by atoms with van der Waals surface area (Å²) < 4.78 is 2.51. The van der Waals surface area contributed by atoms with Gasteiger partial charge in [-0.3, -0.25) is 0 Å². The van der Waals surface area contributed by atoms with E-state index in [4.69, 9.17) is 4.98 Å². The van der Waals surface area contributed by atoms with Gasteiger partial charge < -0.3 is 9.55 Å². The first kappa shape index (κ1) is 10.9. The molecule has 0 saturated heterocycles. The Labute approximate surface area is 117 Å². The van der Waals surface area contributed by atoms with Crippen molar-refractivity contribution >= 4 is 22.1 Å². The van der Waals surface area contributed by atoms with E-state index in [1.807, 2.05) is 12.4 Å². The van der Waals surface area contributed by atoms with Crippen molar-refractivity contribution in [3.05, 3.63) is 24.3 Å². The summed E-state index contributed by atoms with van der Waals surface area (Å²) in [6.07, 6.45) is 9.48. The predicted octanol–water partition coefficient (Wildman–Crippen LogP) is 3.58. The van der Waals surface area contributed by atoms with Crippen LogP contribution in [0.1, 0.15) is 37.5 Å². The molecular formula is C16H18N4. The molecule has 3 aromatic rings. The van der Waals surface area contributed by atoms with Gasteiger partial charge in [-0.2, -0.15) is 0 Å². The van der Waals surface area contributed by atoms with E-state index >= 15 is 0 Å². The Kier molecular flexibility index (Phi) is 1.97. The van der Waals surface area contributed by atoms with Gasteiger partial charge in [-0.15, -0.1) is 0 Å². The Morgan fingerprint density at radius 2 is 2.25 bits per heavy atom. The fourth-order valence-corrected chi connectivity index (χ4v) is 4.64. The molecule has 2 bridgehead atoms. The van der Waals surface area contributed by atoms with E-state index < -0.39 is 0 Å². The molecule has 3 atom stereocenters. The van der Waals surface area contributed by atoms with Crippen LogP contribution in [0.2, 0.25) is 0 Å². The molecule has 0 radical (unpaired) electrons. The van der Waals surface area contributed by atoms with Gasteiger partial charge in [0.25, 0.3) is 0 Å². The number of aromatic nitrogens is 4. The zero-order valence-corrected chi connectivity index (χ0v) is 11.6. The van der Waals surface area contributed by atoms with Gasteiger partial charge in [0.05, 0.1) is 11.7 Å². The number of nitrogens with zero attached hydrogens (tertiary/aromatic N) is 3. The smallest absolute Gasteiger partial charge is 0.139 e. The van der Waals surface area contributed by atoms with E-state index in [-0.39, 0.29) is 0 Å². The molecule has 0 aromatic carbocycles. The highest BCUT2D eigenvalue weighted by molar-refractivity contribution is 6.01. The molecule has 5 rings (SSSR count). The van der Waals surface area contributed by atoms with Gasteiger partial charge >= 0.3 is 0 Å². The highest BCUT2D eigenvalue weighted by Crippen LogP contribution is 2.51. The van der Waals surface area contributed by atoms with Crippen LogP contribution in [0.4, 0.5) is 0 Å². The van der Waals surface area contributed by atoms with E-state index in [0.717, 1.165) is 28.8 Å². The number of rotatable bonds is 1. The summed E-state index contributed by atoms with van der Waals surface area (Å²) in [5, 5.41) is 1.21. The molecule has 0 amide bonds. The Balaban J connectivity index is 1.82. The largest absolute Gasteiger partial charge is 0.346 e. The van der Waals surface area contributed by atoms with Gasteiger partial charge in [0.2, 0.25) is 0 Å². The standard InChI is InChI=1S/C16H18N4/c1-9-19-13-8-18-16-12(4-5-17-16)15(13)20(9)14-7-10-2-3-11(14)6-10/h4-5,8,10-11,14H,2-3,6-7H2,1H3,(H,17,18)/t10-,11+,14-/m1/s1. The van der Waals surface area contributed by atoms with Gasteiger partial charge in [-0.1, -0.05) is 6.42 Å². The van der Waals surface area contributed by atoms with Crippen molar-refractivity contribution in [2.45, 2.75) is 38.6 Å². The average molecular weight is 266 g/mol. The van der Waals surface area contributed by atoms with Gasteiger partial charge in [0.15, 0.2) is 0 Å². The van der Waals surface area contributed by atoms with Crippen LogP contribution in [0.5, 0.6) is 0 Å². The van der Waals surface area contributed by atoms with Gasteiger partial charge in [0, 0.05) is 17.6 Å². The summed E-state index contributed by atoms with van der Waals surface area (Å²) in [5.74, 6) is 2.96. The number of aryl methyl sites for hydroxylation is 1. The number of aromatic amines is 1. The first-order valence-electron chi connectivity index (χ1n) is 7.62. The van der Waals surface area contributed by atoms with Crippen molar-refractivity contribution in [3.63, 3.8) is 0 Å². The lowest BCUT2D eigenvalue weighted by atomic mass is 9.95. The molecule has 3 heterocycles. The zero-order chi connectivity index (χ0) is 13.3. The first-order valence-corrected chi connectivity index (χ1v) is 7.62. The lowest BCUT2D eigenvalue weighted by Crippen LogP contribution is -2.17. The second-order valence-electron chi connectivity index (χ2n) is 6.50. The number of imidazole rings is 1. The third-order valence-corrected chi connectivity index (χ3v) is 5.44. The predicted molar refractivity (Wildman–Crippen MR) is 78.6 cm³/mol. The van der Waals surface area contributed by atoms with Crippen LogP contribution >= 0.6 is 0 Å². The maximum Gasteiger partial charge on any atom is 0.139 e. The molecule has 0 unspecified atom stereocenters. The van der Waals surface area contributed by atoms with Crippen LogP contribution in [0.15, 0.2) is 18.5 Å². The lowest BCUT2D eigenvalue weighted by Gasteiger charge is -2.25. The fourth-order valence-electron chi connectivity index (χ4n) is 4.64. The minimum Gasteiger partial charge on any atom is -0.346 e. The molecule has 2 fully saturated rings. The number of fused-ring (bicyclic) bond motifs is 5. The number of hydrogen-bond acceptors (Lipinski definition) is 2. The van der Waals surface area contributed by atoms with Gasteiger partial charge in [-0.05, 0) is 44.1 Å². The van der Waals surface area contributed by atoms with Gasteiger partial charge in [-0.25, -0.2) is 9.97 Å². The summed E-state index contributed by atoms with van der Waals surface area (Å²) in [7, 11) is 0. The van der Waals surface area contributed by atoms with Crippen LogP contribution in [0.3, 0.4) is 0 Å². The number of H-pyrrole nitrogens is 1. The molecule has 4 nitrogen and oxygen atoms in total. The Morgan fingerprint density at radius 1 is 1.30 bits per heavy atom. The van der Waals surface area contributed by atoms with E-state index in [1.165, 1.54) is 36.6 Å². The van der Waals surface area contributed by atoms with Crippen molar-refractivity contribution in [1.29, 1.82) is 0 Å². The molecular weight excluding hydrogens is 248 g/mol. The van der Waals surface area contributed by atoms with Crippen LogP contribution in [0.25, 0.3) is 22.1 Å². The van der Waals surface area contributed by atoms with Crippen LogP contribution in [0, 0.1) is 18.8 Å². The first-order chi connectivity index (χ1) is 9.81.